The average molecular weight is 276 g/mol. The fraction of sp³-hybridized carbons (Fsp3) is 0.700. The maximum absolute atomic E-state index is 11.4. The molecule has 0 saturated carbocycles. The predicted molar refractivity (Wildman–Crippen MR) is 68.5 cm³/mol. The fourth-order valence-electron chi connectivity index (χ4n) is 0.916. The molecule has 0 N–H and O–H groups in total. The van der Waals surface area contributed by atoms with E-state index >= 15 is 0 Å². The molecule has 0 aromatic heterocycles. The van der Waals surface area contributed by atoms with E-state index in [1.165, 1.54) is 0 Å². The highest BCUT2D eigenvalue weighted by molar-refractivity contribution is 6.73. The molecular weight excluding hydrogens is 256 g/mol. The van der Waals surface area contributed by atoms with E-state index in [-0.39, 0.29) is 0 Å². The minimum absolute atomic E-state index is 0.534. The van der Waals surface area contributed by atoms with Crippen molar-refractivity contribution in [3.8, 4) is 0 Å². The first-order chi connectivity index (χ1) is 7.41. The SMILES string of the molecule is C[Si](C)(C)OC(=O)CC(=O)C(=O)O[Si](C)(C)C. The van der Waals surface area contributed by atoms with Crippen LogP contribution in [0.3, 0.4) is 0 Å². The van der Waals surface area contributed by atoms with Crippen LogP contribution in [0.15, 0.2) is 0 Å². The van der Waals surface area contributed by atoms with Gasteiger partial charge in [0.2, 0.25) is 22.4 Å². The van der Waals surface area contributed by atoms with E-state index in [4.69, 9.17) is 8.85 Å². The molecule has 0 aliphatic heterocycles. The summed E-state index contributed by atoms with van der Waals surface area (Å²) >= 11 is 0. The van der Waals surface area contributed by atoms with Gasteiger partial charge in [-0.2, -0.15) is 0 Å². The molecule has 0 radical (unpaired) electrons. The summed E-state index contributed by atoms with van der Waals surface area (Å²) in [5, 5.41) is 0. The molecule has 0 saturated heterocycles. The highest BCUT2D eigenvalue weighted by atomic mass is 28.4. The first-order valence-corrected chi connectivity index (χ1v) is 12.2. The Labute approximate surface area is 104 Å². The Bertz CT molecular complexity index is 325. The minimum atomic E-state index is -2.09. The summed E-state index contributed by atoms with van der Waals surface area (Å²) in [6.45, 7) is 10.9. The van der Waals surface area contributed by atoms with Crippen molar-refractivity contribution in [1.82, 2.24) is 0 Å². The van der Waals surface area contributed by atoms with E-state index in [1.54, 1.807) is 19.6 Å². The van der Waals surface area contributed by atoms with Gasteiger partial charge in [-0.05, 0) is 39.3 Å². The Hall–Kier alpha value is -0.956. The van der Waals surface area contributed by atoms with Gasteiger partial charge in [0.1, 0.15) is 6.42 Å². The predicted octanol–water partition coefficient (Wildman–Crippen LogP) is 1.70. The van der Waals surface area contributed by atoms with Crippen molar-refractivity contribution < 1.29 is 23.2 Å². The Kier molecular flexibility index (Phi) is 5.27. The standard InChI is InChI=1S/C10H20O5Si2/c1-16(2,3)14-9(12)7-8(11)10(13)15-17(4,5)6/h7H2,1-6H3. The Morgan fingerprint density at radius 2 is 1.24 bits per heavy atom. The number of ketones is 1. The second-order valence-corrected chi connectivity index (χ2v) is 14.5. The van der Waals surface area contributed by atoms with Gasteiger partial charge >= 0.3 is 11.9 Å². The lowest BCUT2D eigenvalue weighted by Crippen LogP contribution is -2.35. The van der Waals surface area contributed by atoms with Gasteiger partial charge in [-0.15, -0.1) is 0 Å². The third kappa shape index (κ3) is 8.81. The summed E-state index contributed by atoms with van der Waals surface area (Å²) < 4.78 is 10.1. The van der Waals surface area contributed by atoms with Gasteiger partial charge in [-0.25, -0.2) is 4.79 Å². The van der Waals surface area contributed by atoms with Crippen molar-refractivity contribution in [1.29, 1.82) is 0 Å². The zero-order valence-corrected chi connectivity index (χ0v) is 13.2. The summed E-state index contributed by atoms with van der Waals surface area (Å²) in [7, 11) is -4.11. The van der Waals surface area contributed by atoms with Crippen molar-refractivity contribution in [3.63, 3.8) is 0 Å². The van der Waals surface area contributed by atoms with Crippen LogP contribution in [0.1, 0.15) is 6.42 Å². The van der Waals surface area contributed by atoms with Crippen LogP contribution in [0.2, 0.25) is 39.3 Å². The number of carbonyl (C=O) groups excluding carboxylic acids is 3. The quantitative estimate of drug-likeness (QED) is 0.434. The smallest absolute Gasteiger partial charge is 0.361 e. The highest BCUT2D eigenvalue weighted by Gasteiger charge is 2.28. The normalized spacial score (nSPS) is 11.9. The van der Waals surface area contributed by atoms with Crippen molar-refractivity contribution in [3.05, 3.63) is 0 Å². The molecule has 7 heteroatoms. The molecule has 0 bridgehead atoms. The number of Topliss-reactive ketones (excluding diaryl/α,β-unsaturated/α-hetero) is 1. The molecule has 0 aliphatic rings. The van der Waals surface area contributed by atoms with Crippen LogP contribution in [-0.4, -0.2) is 34.4 Å². The lowest BCUT2D eigenvalue weighted by molar-refractivity contribution is -0.151. The van der Waals surface area contributed by atoms with E-state index < -0.39 is 40.8 Å². The van der Waals surface area contributed by atoms with Gasteiger partial charge in [0.05, 0.1) is 0 Å². The van der Waals surface area contributed by atoms with Crippen LogP contribution in [0, 0.1) is 0 Å². The maximum Gasteiger partial charge on any atom is 0.361 e. The number of hydrogen-bond donors (Lipinski definition) is 0. The van der Waals surface area contributed by atoms with Crippen molar-refractivity contribution in [2.45, 2.75) is 45.7 Å². The van der Waals surface area contributed by atoms with Gasteiger partial charge in [-0.3, -0.25) is 9.59 Å². The number of rotatable bonds is 5. The van der Waals surface area contributed by atoms with Crippen LogP contribution >= 0.6 is 0 Å². The molecule has 0 amide bonds. The lowest BCUT2D eigenvalue weighted by Gasteiger charge is -2.18. The van der Waals surface area contributed by atoms with Crippen molar-refractivity contribution in [2.75, 3.05) is 0 Å². The van der Waals surface area contributed by atoms with Crippen molar-refractivity contribution >= 4 is 34.4 Å². The molecule has 0 unspecified atom stereocenters. The van der Waals surface area contributed by atoms with E-state index in [2.05, 4.69) is 0 Å². The fourth-order valence-corrected chi connectivity index (χ4v) is 2.34. The molecule has 0 heterocycles. The van der Waals surface area contributed by atoms with Gasteiger partial charge < -0.3 is 8.85 Å². The monoisotopic (exact) mass is 276 g/mol. The second-order valence-electron chi connectivity index (χ2n) is 5.69. The third-order valence-corrected chi connectivity index (χ3v) is 2.99. The van der Waals surface area contributed by atoms with Gasteiger partial charge in [0, 0.05) is 0 Å². The second kappa shape index (κ2) is 5.59. The summed E-state index contributed by atoms with van der Waals surface area (Å²) in [5.74, 6) is -2.42. The Balaban J connectivity index is 4.28. The molecule has 98 valence electrons. The Morgan fingerprint density at radius 3 is 1.59 bits per heavy atom. The average Bonchev–Trinajstić information content (AvgIpc) is 1.95. The molecule has 0 atom stereocenters. The van der Waals surface area contributed by atoms with E-state index in [0.29, 0.717) is 0 Å². The summed E-state index contributed by atoms with van der Waals surface area (Å²) in [5.41, 5.74) is 0. The molecule has 0 rings (SSSR count). The molecule has 0 aliphatic carbocycles. The zero-order valence-electron chi connectivity index (χ0n) is 11.2. The van der Waals surface area contributed by atoms with Crippen molar-refractivity contribution in [2.24, 2.45) is 0 Å². The molecule has 0 aromatic rings. The number of carbonyl (C=O) groups is 3. The van der Waals surface area contributed by atoms with Gasteiger partial charge in [0.15, 0.2) is 0 Å². The van der Waals surface area contributed by atoms with Crippen LogP contribution in [-0.2, 0) is 23.2 Å². The van der Waals surface area contributed by atoms with Crippen LogP contribution in [0.25, 0.3) is 0 Å². The molecule has 5 nitrogen and oxygen atoms in total. The molecule has 17 heavy (non-hydrogen) atoms. The maximum atomic E-state index is 11.4. The van der Waals surface area contributed by atoms with Crippen LogP contribution < -0.4 is 0 Å². The zero-order chi connectivity index (χ0) is 13.9. The molecule has 0 spiro atoms. The van der Waals surface area contributed by atoms with E-state index in [1.807, 2.05) is 19.6 Å². The van der Waals surface area contributed by atoms with Gasteiger partial charge in [0.25, 0.3) is 0 Å². The van der Waals surface area contributed by atoms with Gasteiger partial charge in [-0.1, -0.05) is 0 Å². The largest absolute Gasteiger partial charge is 0.520 e. The summed E-state index contributed by atoms with van der Waals surface area (Å²) in [4.78, 5) is 34.0. The molecule has 0 fully saturated rings. The van der Waals surface area contributed by atoms with E-state index in [9.17, 15) is 14.4 Å². The van der Waals surface area contributed by atoms with E-state index in [0.717, 1.165) is 0 Å². The topological polar surface area (TPSA) is 69.7 Å². The molecule has 0 aromatic carbocycles. The first kappa shape index (κ1) is 16.0. The summed E-state index contributed by atoms with van der Waals surface area (Å²) in [6, 6.07) is 0. The number of hydrogen-bond acceptors (Lipinski definition) is 5. The highest BCUT2D eigenvalue weighted by Crippen LogP contribution is 2.07. The summed E-state index contributed by atoms with van der Waals surface area (Å²) in [6.07, 6.45) is -0.534. The van der Waals surface area contributed by atoms with Crippen LogP contribution in [0.5, 0.6) is 0 Å². The molecular formula is C10H20O5Si2. The lowest BCUT2D eigenvalue weighted by atomic mass is 10.3. The first-order valence-electron chi connectivity index (χ1n) is 5.39. The Morgan fingerprint density at radius 1 is 0.824 bits per heavy atom. The third-order valence-electron chi connectivity index (χ3n) is 1.35. The minimum Gasteiger partial charge on any atom is -0.520 e. The van der Waals surface area contributed by atoms with Crippen LogP contribution in [0.4, 0.5) is 0 Å².